The van der Waals surface area contributed by atoms with Crippen LogP contribution in [0.25, 0.3) is 10.1 Å². The van der Waals surface area contributed by atoms with Crippen molar-refractivity contribution in [2.24, 2.45) is 0 Å². The van der Waals surface area contributed by atoms with Crippen molar-refractivity contribution in [3.05, 3.63) is 52.9 Å². The summed E-state index contributed by atoms with van der Waals surface area (Å²) in [6, 6.07) is 11.9. The fraction of sp³-hybridized carbons (Fsp3) is 0.286. The largest absolute Gasteiger partial charge is 0.496 e. The van der Waals surface area contributed by atoms with Crippen LogP contribution < -0.4 is 14.4 Å². The number of hydrogen-bond donors (Lipinski definition) is 1. The first-order valence-electron chi connectivity index (χ1n) is 9.22. The minimum Gasteiger partial charge on any atom is -0.496 e. The van der Waals surface area contributed by atoms with E-state index in [-0.39, 0.29) is 10.8 Å². The lowest BCUT2D eigenvalue weighted by Gasteiger charge is -2.20. The van der Waals surface area contributed by atoms with E-state index in [0.29, 0.717) is 29.5 Å². The number of methoxy groups -OCH3 is 2. The third kappa shape index (κ3) is 4.43. The van der Waals surface area contributed by atoms with Crippen molar-refractivity contribution in [2.45, 2.75) is 11.8 Å². The van der Waals surface area contributed by atoms with Crippen LogP contribution in [0, 0.1) is 6.92 Å². The third-order valence-electron chi connectivity index (χ3n) is 4.70. The van der Waals surface area contributed by atoms with Crippen molar-refractivity contribution in [1.82, 2.24) is 5.32 Å². The zero-order chi connectivity index (χ0) is 21.9. The van der Waals surface area contributed by atoms with E-state index >= 15 is 0 Å². The van der Waals surface area contributed by atoms with Gasteiger partial charge in [-0.15, -0.1) is 11.3 Å². The Labute approximate surface area is 180 Å². The molecule has 0 atom stereocenters. The van der Waals surface area contributed by atoms with E-state index in [1.54, 1.807) is 51.5 Å². The molecule has 2 aromatic carbocycles. The van der Waals surface area contributed by atoms with Gasteiger partial charge in [0.05, 0.1) is 29.2 Å². The van der Waals surface area contributed by atoms with Gasteiger partial charge >= 0.3 is 0 Å². The lowest BCUT2D eigenvalue weighted by atomic mass is 10.2. The second kappa shape index (κ2) is 9.03. The number of ether oxygens (including phenoxy) is 2. The van der Waals surface area contributed by atoms with Gasteiger partial charge in [0, 0.05) is 25.4 Å². The van der Waals surface area contributed by atoms with Gasteiger partial charge < -0.3 is 14.8 Å². The summed E-state index contributed by atoms with van der Waals surface area (Å²) in [4.78, 5) is 13.0. The molecular weight excluding hydrogens is 424 g/mol. The molecule has 0 saturated heterocycles. The molecular formula is C21H24N2O5S2. The highest BCUT2D eigenvalue weighted by molar-refractivity contribution is 7.92. The Kier molecular flexibility index (Phi) is 6.64. The van der Waals surface area contributed by atoms with Gasteiger partial charge in [-0.1, -0.05) is 0 Å². The predicted molar refractivity (Wildman–Crippen MR) is 119 cm³/mol. The monoisotopic (exact) mass is 448 g/mol. The first-order chi connectivity index (χ1) is 14.3. The van der Waals surface area contributed by atoms with Crippen LogP contribution >= 0.6 is 11.3 Å². The predicted octanol–water partition coefficient (Wildman–Crippen LogP) is 3.42. The van der Waals surface area contributed by atoms with Gasteiger partial charge in [-0.05, 0) is 60.3 Å². The zero-order valence-electron chi connectivity index (χ0n) is 17.3. The fourth-order valence-corrected chi connectivity index (χ4v) is 5.23. The van der Waals surface area contributed by atoms with Gasteiger partial charge in [-0.2, -0.15) is 0 Å². The number of amides is 1. The first-order valence-corrected chi connectivity index (χ1v) is 11.5. The Morgan fingerprint density at radius 3 is 2.57 bits per heavy atom. The zero-order valence-corrected chi connectivity index (χ0v) is 18.9. The lowest BCUT2D eigenvalue weighted by molar-refractivity contribution is 0.0941. The summed E-state index contributed by atoms with van der Waals surface area (Å²) in [6.45, 7) is 2.67. The second-order valence-electron chi connectivity index (χ2n) is 6.69. The number of hydrogen-bond acceptors (Lipinski definition) is 6. The molecule has 0 aliphatic rings. The van der Waals surface area contributed by atoms with Crippen molar-refractivity contribution in [1.29, 1.82) is 0 Å². The minimum atomic E-state index is -3.74. The molecule has 0 fully saturated rings. The quantitative estimate of drug-likeness (QED) is 0.534. The van der Waals surface area contributed by atoms with Crippen LogP contribution in [-0.2, 0) is 14.8 Å². The maximum absolute atomic E-state index is 13.1. The molecule has 0 aliphatic heterocycles. The molecule has 3 aromatic rings. The lowest BCUT2D eigenvalue weighted by Crippen LogP contribution is -2.26. The summed E-state index contributed by atoms with van der Waals surface area (Å²) in [5.41, 5.74) is 1.25. The normalized spacial score (nSPS) is 11.5. The molecule has 30 heavy (non-hydrogen) atoms. The fourth-order valence-electron chi connectivity index (χ4n) is 3.00. The Morgan fingerprint density at radius 2 is 1.90 bits per heavy atom. The molecule has 160 valence electrons. The Hall–Kier alpha value is -2.62. The summed E-state index contributed by atoms with van der Waals surface area (Å²) in [5, 5.41) is 3.60. The number of thiophene rings is 1. The van der Waals surface area contributed by atoms with Crippen LogP contribution in [0.3, 0.4) is 0 Å². The summed E-state index contributed by atoms with van der Waals surface area (Å²) >= 11 is 1.36. The molecule has 0 saturated carbocycles. The average Bonchev–Trinajstić information content (AvgIpc) is 3.16. The van der Waals surface area contributed by atoms with Gasteiger partial charge in [0.15, 0.2) is 0 Å². The number of sulfonamides is 1. The van der Waals surface area contributed by atoms with Gasteiger partial charge in [0.1, 0.15) is 5.75 Å². The SMILES string of the molecule is COCCNC(=O)c1cc2cc(N(C)S(=O)(=O)c3ccc(OC)c(C)c3)ccc2s1. The average molecular weight is 449 g/mol. The van der Waals surface area contributed by atoms with Crippen LogP contribution in [0.5, 0.6) is 5.75 Å². The van der Waals surface area contributed by atoms with Gasteiger partial charge in [0.25, 0.3) is 15.9 Å². The van der Waals surface area contributed by atoms with E-state index in [4.69, 9.17) is 9.47 Å². The van der Waals surface area contributed by atoms with E-state index in [2.05, 4.69) is 5.32 Å². The number of benzene rings is 2. The van der Waals surface area contributed by atoms with Crippen molar-refractivity contribution >= 4 is 43.0 Å². The molecule has 0 spiro atoms. The van der Waals surface area contributed by atoms with E-state index in [1.807, 2.05) is 6.07 Å². The first kappa shape index (κ1) is 22.1. The second-order valence-corrected chi connectivity index (χ2v) is 9.74. The molecule has 0 unspecified atom stereocenters. The minimum absolute atomic E-state index is 0.176. The molecule has 0 bridgehead atoms. The number of fused-ring (bicyclic) bond motifs is 1. The highest BCUT2D eigenvalue weighted by atomic mass is 32.2. The van der Waals surface area contributed by atoms with Crippen molar-refractivity contribution in [3.63, 3.8) is 0 Å². The molecule has 7 nitrogen and oxygen atoms in total. The Bertz CT molecular complexity index is 1170. The number of anilines is 1. The molecule has 9 heteroatoms. The summed E-state index contributed by atoms with van der Waals surface area (Å²) in [7, 11) is 0.891. The summed E-state index contributed by atoms with van der Waals surface area (Å²) in [5.74, 6) is 0.456. The number of carbonyl (C=O) groups is 1. The molecule has 1 aromatic heterocycles. The molecule has 0 aliphatic carbocycles. The Morgan fingerprint density at radius 1 is 1.13 bits per heavy atom. The van der Waals surface area contributed by atoms with Crippen molar-refractivity contribution in [2.75, 3.05) is 38.7 Å². The van der Waals surface area contributed by atoms with Crippen molar-refractivity contribution in [3.8, 4) is 5.75 Å². The topological polar surface area (TPSA) is 84.9 Å². The standard InChI is InChI=1S/C21H24N2O5S2/c1-14-11-17(6-7-18(14)28-4)30(25,26)23(2)16-5-8-19-15(12-16)13-20(29-19)21(24)22-9-10-27-3/h5-8,11-13H,9-10H2,1-4H3,(H,22,24). The Balaban J connectivity index is 1.88. The summed E-state index contributed by atoms with van der Waals surface area (Å²) < 4.78 is 38.5. The van der Waals surface area contributed by atoms with Crippen LogP contribution in [0.15, 0.2) is 47.4 Å². The highest BCUT2D eigenvalue weighted by Crippen LogP contribution is 2.32. The van der Waals surface area contributed by atoms with E-state index < -0.39 is 10.0 Å². The van der Waals surface area contributed by atoms with Crippen molar-refractivity contribution < 1.29 is 22.7 Å². The maximum Gasteiger partial charge on any atom is 0.264 e. The number of carbonyl (C=O) groups excluding carboxylic acids is 1. The van der Waals surface area contributed by atoms with Gasteiger partial charge in [0.2, 0.25) is 0 Å². The number of nitrogens with one attached hydrogen (secondary N) is 1. The van der Waals surface area contributed by atoms with Gasteiger partial charge in [-0.25, -0.2) is 8.42 Å². The number of nitrogens with zero attached hydrogens (tertiary/aromatic N) is 1. The van der Waals surface area contributed by atoms with Crippen LogP contribution in [0.1, 0.15) is 15.2 Å². The van der Waals surface area contributed by atoms with Crippen LogP contribution in [-0.4, -0.2) is 48.7 Å². The van der Waals surface area contributed by atoms with E-state index in [1.165, 1.54) is 28.8 Å². The molecule has 1 N–H and O–H groups in total. The van der Waals surface area contributed by atoms with Crippen LogP contribution in [0.2, 0.25) is 0 Å². The van der Waals surface area contributed by atoms with Crippen LogP contribution in [0.4, 0.5) is 5.69 Å². The molecule has 1 amide bonds. The summed E-state index contributed by atoms with van der Waals surface area (Å²) in [6.07, 6.45) is 0. The maximum atomic E-state index is 13.1. The highest BCUT2D eigenvalue weighted by Gasteiger charge is 2.23. The van der Waals surface area contributed by atoms with Gasteiger partial charge in [-0.3, -0.25) is 9.10 Å². The molecule has 3 rings (SSSR count). The number of aryl methyl sites for hydroxylation is 1. The number of rotatable bonds is 8. The van der Waals surface area contributed by atoms with E-state index in [0.717, 1.165) is 15.6 Å². The smallest absolute Gasteiger partial charge is 0.264 e. The third-order valence-corrected chi connectivity index (χ3v) is 7.60. The van der Waals surface area contributed by atoms with E-state index in [9.17, 15) is 13.2 Å². The molecule has 0 radical (unpaired) electrons. The molecule has 1 heterocycles.